The maximum atomic E-state index is 12.0. The van der Waals surface area contributed by atoms with Crippen LogP contribution in [-0.2, 0) is 16.0 Å². The van der Waals surface area contributed by atoms with Crippen molar-refractivity contribution in [3.8, 4) is 11.5 Å². The third kappa shape index (κ3) is 4.03. The number of likely N-dealkylation sites (tertiary alicyclic amines) is 1. The van der Waals surface area contributed by atoms with Gasteiger partial charge in [0.15, 0.2) is 0 Å². The Morgan fingerprint density at radius 3 is 2.57 bits per heavy atom. The fraction of sp³-hybridized carbons (Fsp3) is 0.438. The van der Waals surface area contributed by atoms with Crippen molar-refractivity contribution in [3.05, 3.63) is 23.3 Å². The third-order valence-corrected chi connectivity index (χ3v) is 4.68. The number of fused-ring (bicyclic) bond motifs is 1. The maximum absolute atomic E-state index is 12.0. The normalized spacial score (nSPS) is 19.0. The molecule has 2 heterocycles. The van der Waals surface area contributed by atoms with E-state index in [9.17, 15) is 29.5 Å². The number of ether oxygens (including phenoxy) is 1. The van der Waals surface area contributed by atoms with Gasteiger partial charge < -0.3 is 40.3 Å². The number of carbonyl (C=O) groups is 3. The molecule has 28 heavy (non-hydrogen) atoms. The molecule has 0 aromatic heterocycles. The lowest BCUT2D eigenvalue weighted by Gasteiger charge is -2.41. The number of carboxylic acid groups (broad SMARTS) is 2. The molecule has 152 valence electrons. The molecule has 0 bridgehead atoms. The monoisotopic (exact) mass is 395 g/mol. The smallest absolute Gasteiger partial charge is 0.430 e. The fourth-order valence-electron chi connectivity index (χ4n) is 3.21. The lowest BCUT2D eigenvalue weighted by atomic mass is 9.70. The Balaban J connectivity index is 1.70. The van der Waals surface area contributed by atoms with E-state index in [1.807, 2.05) is 0 Å². The van der Waals surface area contributed by atoms with Crippen LogP contribution in [0.5, 0.6) is 11.5 Å². The number of amides is 1. The summed E-state index contributed by atoms with van der Waals surface area (Å²) in [6, 6.07) is 1.89. The number of carboxylic acids is 2. The van der Waals surface area contributed by atoms with Gasteiger partial charge in [0.25, 0.3) is 0 Å². The van der Waals surface area contributed by atoms with Gasteiger partial charge in [-0.05, 0) is 18.1 Å². The molecular formula is C16H20BN2O9-. The van der Waals surface area contributed by atoms with Gasteiger partial charge in [-0.1, -0.05) is 12.4 Å². The minimum absolute atomic E-state index is 0.0216. The zero-order valence-corrected chi connectivity index (χ0v) is 14.8. The Hall–Kier alpha value is -2.83. The highest BCUT2D eigenvalue weighted by atomic mass is 16.6. The average molecular weight is 395 g/mol. The van der Waals surface area contributed by atoms with Gasteiger partial charge in [-0.3, -0.25) is 9.59 Å². The topological polar surface area (TPSA) is 180 Å². The van der Waals surface area contributed by atoms with E-state index in [2.05, 4.69) is 0 Å². The van der Waals surface area contributed by atoms with E-state index in [0.29, 0.717) is 5.56 Å². The van der Waals surface area contributed by atoms with Gasteiger partial charge in [-0.15, -0.1) is 0 Å². The SMILES string of the molecule is N[C@@H](CC(=O)O)C(=O)N1CC(Oc2ccc3c(c2C(=O)O)O[B-](O)(O)CC3)C1. The Bertz CT molecular complexity index is 823. The van der Waals surface area contributed by atoms with E-state index in [4.69, 9.17) is 20.2 Å². The largest absolute Gasteiger partial charge is 0.669 e. The number of hydrogen-bond acceptors (Lipinski definition) is 8. The number of hydrogen-bond donors (Lipinski definition) is 5. The molecule has 3 rings (SSSR count). The number of carbonyl (C=O) groups excluding carboxylic acids is 1. The lowest BCUT2D eigenvalue weighted by Crippen LogP contribution is -2.60. The molecular weight excluding hydrogens is 375 g/mol. The summed E-state index contributed by atoms with van der Waals surface area (Å²) in [6.07, 6.45) is -0.796. The first-order chi connectivity index (χ1) is 13.1. The van der Waals surface area contributed by atoms with Crippen LogP contribution in [0.1, 0.15) is 22.3 Å². The van der Waals surface area contributed by atoms with Crippen LogP contribution < -0.4 is 15.1 Å². The molecule has 12 heteroatoms. The van der Waals surface area contributed by atoms with Gasteiger partial charge in [0.05, 0.1) is 31.3 Å². The third-order valence-electron chi connectivity index (χ3n) is 4.68. The fourth-order valence-corrected chi connectivity index (χ4v) is 3.21. The van der Waals surface area contributed by atoms with Crippen LogP contribution >= 0.6 is 0 Å². The second-order valence-corrected chi connectivity index (χ2v) is 6.93. The van der Waals surface area contributed by atoms with Crippen LogP contribution in [0.15, 0.2) is 12.1 Å². The molecule has 0 saturated carbocycles. The van der Waals surface area contributed by atoms with Crippen LogP contribution in [0.25, 0.3) is 0 Å². The number of benzene rings is 1. The standard InChI is InChI=1S/C16H20BN2O9/c18-10(5-12(20)21)15(22)19-6-9(7-19)27-11-2-1-8-3-4-17(25,26)28-14(8)13(11)16(23)24/h1-2,9-10,25-26H,3-7,18H2,(H,20,21)(H,23,24)/q-1/t10-/m0/s1. The van der Waals surface area contributed by atoms with Gasteiger partial charge in [0.2, 0.25) is 5.91 Å². The van der Waals surface area contributed by atoms with E-state index >= 15 is 0 Å². The molecule has 0 aliphatic carbocycles. The van der Waals surface area contributed by atoms with E-state index in [-0.39, 0.29) is 42.9 Å². The van der Waals surface area contributed by atoms with Crippen molar-refractivity contribution in [3.63, 3.8) is 0 Å². The second-order valence-electron chi connectivity index (χ2n) is 6.93. The Kier molecular flexibility index (Phi) is 5.19. The number of rotatable bonds is 6. The van der Waals surface area contributed by atoms with Crippen molar-refractivity contribution in [1.29, 1.82) is 0 Å². The van der Waals surface area contributed by atoms with Gasteiger partial charge >= 0.3 is 18.7 Å². The number of nitrogens with two attached hydrogens (primary N) is 1. The summed E-state index contributed by atoms with van der Waals surface area (Å²) in [5, 5.41) is 37.7. The van der Waals surface area contributed by atoms with Crippen LogP contribution in [-0.4, -0.2) is 75.0 Å². The predicted molar refractivity (Wildman–Crippen MR) is 94.0 cm³/mol. The number of nitrogens with zero attached hydrogens (tertiary/aromatic N) is 1. The highest BCUT2D eigenvalue weighted by molar-refractivity contribution is 6.59. The van der Waals surface area contributed by atoms with Crippen molar-refractivity contribution in [2.75, 3.05) is 13.1 Å². The van der Waals surface area contributed by atoms with Crippen LogP contribution in [0.2, 0.25) is 6.32 Å². The van der Waals surface area contributed by atoms with Gasteiger partial charge in [0, 0.05) is 0 Å². The minimum Gasteiger partial charge on any atom is -0.669 e. The first-order valence-corrected chi connectivity index (χ1v) is 8.68. The first kappa shape index (κ1) is 19.9. The molecule has 0 radical (unpaired) electrons. The summed E-state index contributed by atoms with van der Waals surface area (Å²) >= 11 is 0. The van der Waals surface area contributed by atoms with E-state index in [0.717, 1.165) is 0 Å². The van der Waals surface area contributed by atoms with E-state index < -0.39 is 43.2 Å². The van der Waals surface area contributed by atoms with Gasteiger partial charge in [-0.2, -0.15) is 0 Å². The summed E-state index contributed by atoms with van der Waals surface area (Å²) in [7, 11) is 0. The van der Waals surface area contributed by atoms with Crippen LogP contribution in [0.3, 0.4) is 0 Å². The summed E-state index contributed by atoms with van der Waals surface area (Å²) in [4.78, 5) is 35.7. The van der Waals surface area contributed by atoms with Crippen molar-refractivity contribution in [2.24, 2.45) is 5.73 Å². The predicted octanol–water partition coefficient (Wildman–Crippen LogP) is -1.37. The average Bonchev–Trinajstić information content (AvgIpc) is 2.54. The highest BCUT2D eigenvalue weighted by Crippen LogP contribution is 2.38. The number of aromatic carboxylic acids is 1. The van der Waals surface area contributed by atoms with Gasteiger partial charge in [0.1, 0.15) is 17.4 Å². The molecule has 2 aliphatic heterocycles. The summed E-state index contributed by atoms with van der Waals surface area (Å²) < 4.78 is 10.7. The molecule has 1 amide bonds. The molecule has 1 aromatic rings. The molecule has 6 N–H and O–H groups in total. The number of aryl methyl sites for hydroxylation is 1. The molecule has 11 nitrogen and oxygen atoms in total. The second kappa shape index (κ2) is 7.30. The number of aliphatic carboxylic acids is 1. The van der Waals surface area contributed by atoms with Crippen molar-refractivity contribution < 1.29 is 44.0 Å². The van der Waals surface area contributed by atoms with Crippen molar-refractivity contribution in [2.45, 2.75) is 31.3 Å². The van der Waals surface area contributed by atoms with Crippen LogP contribution in [0.4, 0.5) is 0 Å². The summed E-state index contributed by atoms with van der Waals surface area (Å²) in [6.45, 7) is -2.89. The highest BCUT2D eigenvalue weighted by Gasteiger charge is 2.37. The Morgan fingerprint density at radius 1 is 1.29 bits per heavy atom. The summed E-state index contributed by atoms with van der Waals surface area (Å²) in [5.41, 5.74) is 5.74. The molecule has 1 aromatic carbocycles. The van der Waals surface area contributed by atoms with Crippen LogP contribution in [0, 0.1) is 0 Å². The molecule has 1 atom stereocenters. The van der Waals surface area contributed by atoms with E-state index in [1.54, 1.807) is 6.07 Å². The quantitative estimate of drug-likeness (QED) is 0.361. The van der Waals surface area contributed by atoms with Crippen molar-refractivity contribution in [1.82, 2.24) is 4.90 Å². The zero-order valence-electron chi connectivity index (χ0n) is 14.8. The van der Waals surface area contributed by atoms with Gasteiger partial charge in [-0.25, -0.2) is 4.79 Å². The molecule has 1 saturated heterocycles. The first-order valence-electron chi connectivity index (χ1n) is 8.68. The Labute approximate surface area is 159 Å². The maximum Gasteiger partial charge on any atom is 0.430 e. The molecule has 2 aliphatic rings. The summed E-state index contributed by atoms with van der Waals surface area (Å²) in [5.74, 6) is -3.22. The Morgan fingerprint density at radius 2 is 1.96 bits per heavy atom. The molecule has 1 fully saturated rings. The molecule has 0 unspecified atom stereocenters. The molecule has 0 spiro atoms. The lowest BCUT2D eigenvalue weighted by molar-refractivity contribution is -0.146. The zero-order chi connectivity index (χ0) is 20.6. The van der Waals surface area contributed by atoms with Crippen molar-refractivity contribution >= 4 is 24.6 Å². The minimum atomic E-state index is -3.14. The van der Waals surface area contributed by atoms with E-state index in [1.165, 1.54) is 11.0 Å².